The lowest BCUT2D eigenvalue weighted by Gasteiger charge is -2.07. The van der Waals surface area contributed by atoms with E-state index in [4.69, 9.17) is 0 Å². The van der Waals surface area contributed by atoms with Crippen LogP contribution in [0.2, 0.25) is 0 Å². The molecule has 2 rings (SSSR count). The van der Waals surface area contributed by atoms with Crippen LogP contribution in [0.15, 0.2) is 46.9 Å². The molecular formula is C14H11BrO2. The molecule has 0 saturated heterocycles. The van der Waals surface area contributed by atoms with E-state index in [0.29, 0.717) is 5.56 Å². The summed E-state index contributed by atoms with van der Waals surface area (Å²) >= 11 is 3.29. The maximum absolute atomic E-state index is 11.2. The Labute approximate surface area is 108 Å². The van der Waals surface area contributed by atoms with Gasteiger partial charge in [0.15, 0.2) is 0 Å². The van der Waals surface area contributed by atoms with E-state index in [1.807, 2.05) is 43.3 Å². The van der Waals surface area contributed by atoms with Crippen LogP contribution in [0.4, 0.5) is 0 Å². The maximum atomic E-state index is 11.2. The molecule has 2 aromatic rings. The molecule has 0 unspecified atom stereocenters. The fourth-order valence-electron chi connectivity index (χ4n) is 1.76. The van der Waals surface area contributed by atoms with Crippen molar-refractivity contribution in [3.8, 4) is 11.1 Å². The van der Waals surface area contributed by atoms with E-state index >= 15 is 0 Å². The summed E-state index contributed by atoms with van der Waals surface area (Å²) in [6.45, 7) is 1.99. The van der Waals surface area contributed by atoms with Crippen molar-refractivity contribution in [2.45, 2.75) is 6.92 Å². The number of carboxylic acids is 1. The van der Waals surface area contributed by atoms with Gasteiger partial charge in [0.05, 0.1) is 5.56 Å². The summed E-state index contributed by atoms with van der Waals surface area (Å²) in [6.07, 6.45) is 0. The molecular weight excluding hydrogens is 280 g/mol. The summed E-state index contributed by atoms with van der Waals surface area (Å²) < 4.78 is 0.770. The molecule has 2 nitrogen and oxygen atoms in total. The minimum Gasteiger partial charge on any atom is -0.478 e. The first-order valence-corrected chi connectivity index (χ1v) is 5.97. The summed E-state index contributed by atoms with van der Waals surface area (Å²) in [4.78, 5) is 11.2. The second-order valence-corrected chi connectivity index (χ2v) is 4.78. The molecule has 2 aromatic carbocycles. The van der Waals surface area contributed by atoms with Gasteiger partial charge in [-0.25, -0.2) is 4.79 Å². The fraction of sp³-hybridized carbons (Fsp3) is 0.0714. The number of rotatable bonds is 2. The van der Waals surface area contributed by atoms with Gasteiger partial charge in [-0.2, -0.15) is 0 Å². The highest BCUT2D eigenvalue weighted by molar-refractivity contribution is 9.10. The van der Waals surface area contributed by atoms with Crippen LogP contribution in [-0.2, 0) is 0 Å². The molecule has 0 aliphatic heterocycles. The van der Waals surface area contributed by atoms with Gasteiger partial charge >= 0.3 is 5.97 Å². The Hall–Kier alpha value is -1.61. The largest absolute Gasteiger partial charge is 0.478 e. The Morgan fingerprint density at radius 1 is 1.18 bits per heavy atom. The number of aryl methyl sites for hydroxylation is 1. The Morgan fingerprint density at radius 3 is 2.59 bits per heavy atom. The number of halogens is 1. The number of aromatic carboxylic acids is 1. The van der Waals surface area contributed by atoms with Gasteiger partial charge in [0, 0.05) is 4.47 Å². The summed E-state index contributed by atoms with van der Waals surface area (Å²) in [5.74, 6) is -0.914. The van der Waals surface area contributed by atoms with Crippen LogP contribution >= 0.6 is 15.9 Å². The standard InChI is InChI=1S/C14H11BrO2/c1-9-3-2-4-10(7-9)12-6-5-11(15)8-13(12)14(16)17/h2-8H,1H3,(H,16,17). The van der Waals surface area contributed by atoms with E-state index in [0.717, 1.165) is 21.2 Å². The molecule has 0 amide bonds. The minimum atomic E-state index is -0.914. The topological polar surface area (TPSA) is 37.3 Å². The first kappa shape index (κ1) is 11.9. The van der Waals surface area contributed by atoms with Crippen LogP contribution in [0.25, 0.3) is 11.1 Å². The van der Waals surface area contributed by atoms with Gasteiger partial charge in [0.1, 0.15) is 0 Å². The lowest BCUT2D eigenvalue weighted by atomic mass is 9.98. The zero-order chi connectivity index (χ0) is 12.4. The molecule has 0 bridgehead atoms. The Morgan fingerprint density at radius 2 is 1.94 bits per heavy atom. The molecule has 0 aromatic heterocycles. The van der Waals surface area contributed by atoms with Gasteiger partial charge in [-0.15, -0.1) is 0 Å². The molecule has 0 heterocycles. The number of carbonyl (C=O) groups is 1. The SMILES string of the molecule is Cc1cccc(-c2ccc(Br)cc2C(=O)O)c1. The van der Waals surface area contributed by atoms with Crippen molar-refractivity contribution >= 4 is 21.9 Å². The predicted molar refractivity (Wildman–Crippen MR) is 71.3 cm³/mol. The van der Waals surface area contributed by atoms with Gasteiger partial charge in [-0.3, -0.25) is 0 Å². The number of hydrogen-bond donors (Lipinski definition) is 1. The highest BCUT2D eigenvalue weighted by Gasteiger charge is 2.12. The maximum Gasteiger partial charge on any atom is 0.336 e. The van der Waals surface area contributed by atoms with Crippen molar-refractivity contribution in [2.75, 3.05) is 0 Å². The van der Waals surface area contributed by atoms with E-state index < -0.39 is 5.97 Å². The summed E-state index contributed by atoms with van der Waals surface area (Å²) in [7, 11) is 0. The van der Waals surface area contributed by atoms with E-state index in [9.17, 15) is 9.90 Å². The first-order valence-electron chi connectivity index (χ1n) is 5.18. The monoisotopic (exact) mass is 290 g/mol. The molecule has 3 heteroatoms. The zero-order valence-corrected chi connectivity index (χ0v) is 10.9. The molecule has 0 spiro atoms. The van der Waals surface area contributed by atoms with Crippen LogP contribution in [0.3, 0.4) is 0 Å². The highest BCUT2D eigenvalue weighted by Crippen LogP contribution is 2.27. The van der Waals surface area contributed by atoms with Gasteiger partial charge in [0.2, 0.25) is 0 Å². The van der Waals surface area contributed by atoms with Crippen LogP contribution in [0, 0.1) is 6.92 Å². The van der Waals surface area contributed by atoms with Gasteiger partial charge in [0.25, 0.3) is 0 Å². The average Bonchev–Trinajstić information content (AvgIpc) is 2.28. The van der Waals surface area contributed by atoms with Crippen molar-refractivity contribution in [1.29, 1.82) is 0 Å². The number of carboxylic acid groups (broad SMARTS) is 1. The molecule has 0 saturated carbocycles. The van der Waals surface area contributed by atoms with Crippen LogP contribution in [-0.4, -0.2) is 11.1 Å². The predicted octanol–water partition coefficient (Wildman–Crippen LogP) is 4.12. The van der Waals surface area contributed by atoms with Crippen molar-refractivity contribution in [3.05, 3.63) is 58.1 Å². The quantitative estimate of drug-likeness (QED) is 0.903. The summed E-state index contributed by atoms with van der Waals surface area (Å²) in [6, 6.07) is 13.1. The Bertz CT molecular complexity index is 576. The second kappa shape index (κ2) is 4.72. The van der Waals surface area contributed by atoms with Crippen molar-refractivity contribution in [2.24, 2.45) is 0 Å². The van der Waals surface area contributed by atoms with E-state index in [2.05, 4.69) is 15.9 Å². The molecule has 17 heavy (non-hydrogen) atoms. The van der Waals surface area contributed by atoms with Gasteiger partial charge in [-0.05, 0) is 30.2 Å². The summed E-state index contributed by atoms with van der Waals surface area (Å²) in [5.41, 5.74) is 3.09. The molecule has 0 aliphatic carbocycles. The smallest absolute Gasteiger partial charge is 0.336 e. The molecule has 0 fully saturated rings. The van der Waals surface area contributed by atoms with E-state index in [1.54, 1.807) is 6.07 Å². The second-order valence-electron chi connectivity index (χ2n) is 3.86. The molecule has 0 atom stereocenters. The minimum absolute atomic E-state index is 0.310. The van der Waals surface area contributed by atoms with Gasteiger partial charge in [-0.1, -0.05) is 51.8 Å². The van der Waals surface area contributed by atoms with Crippen molar-refractivity contribution < 1.29 is 9.90 Å². The lowest BCUT2D eigenvalue weighted by molar-refractivity contribution is 0.0697. The summed E-state index contributed by atoms with van der Waals surface area (Å²) in [5, 5.41) is 9.20. The Kier molecular flexibility index (Phi) is 3.29. The van der Waals surface area contributed by atoms with Gasteiger partial charge < -0.3 is 5.11 Å². The fourth-order valence-corrected chi connectivity index (χ4v) is 2.12. The number of benzene rings is 2. The van der Waals surface area contributed by atoms with Crippen LogP contribution < -0.4 is 0 Å². The number of hydrogen-bond acceptors (Lipinski definition) is 1. The molecule has 1 N–H and O–H groups in total. The molecule has 86 valence electrons. The highest BCUT2D eigenvalue weighted by atomic mass is 79.9. The third-order valence-electron chi connectivity index (χ3n) is 2.54. The van der Waals surface area contributed by atoms with E-state index in [-0.39, 0.29) is 0 Å². The average molecular weight is 291 g/mol. The van der Waals surface area contributed by atoms with Crippen LogP contribution in [0.1, 0.15) is 15.9 Å². The first-order chi connectivity index (χ1) is 8.08. The van der Waals surface area contributed by atoms with Crippen molar-refractivity contribution in [1.82, 2.24) is 0 Å². The third kappa shape index (κ3) is 2.56. The Balaban J connectivity index is 2.63. The van der Waals surface area contributed by atoms with Crippen LogP contribution in [0.5, 0.6) is 0 Å². The third-order valence-corrected chi connectivity index (χ3v) is 3.03. The zero-order valence-electron chi connectivity index (χ0n) is 9.27. The molecule has 0 radical (unpaired) electrons. The normalized spacial score (nSPS) is 10.2. The van der Waals surface area contributed by atoms with Crippen molar-refractivity contribution in [3.63, 3.8) is 0 Å². The van der Waals surface area contributed by atoms with E-state index in [1.165, 1.54) is 0 Å². The molecule has 0 aliphatic rings. The lowest BCUT2D eigenvalue weighted by Crippen LogP contribution is -1.99.